The summed E-state index contributed by atoms with van der Waals surface area (Å²) in [5.74, 6) is -4.46. The molecule has 2 unspecified atom stereocenters. The van der Waals surface area contributed by atoms with Crippen LogP contribution in [0.1, 0.15) is 29.5 Å². The van der Waals surface area contributed by atoms with Crippen molar-refractivity contribution in [2.24, 2.45) is 10.9 Å². The van der Waals surface area contributed by atoms with Crippen molar-refractivity contribution in [2.75, 3.05) is 7.11 Å². The summed E-state index contributed by atoms with van der Waals surface area (Å²) in [5.41, 5.74) is -0.461. The lowest BCUT2D eigenvalue weighted by atomic mass is 9.76. The molecule has 1 aliphatic rings. The molecule has 0 aliphatic carbocycles. The van der Waals surface area contributed by atoms with Gasteiger partial charge >= 0.3 is 12.1 Å². The molecule has 0 amide bonds. The Morgan fingerprint density at radius 1 is 1.22 bits per heavy atom. The summed E-state index contributed by atoms with van der Waals surface area (Å²) >= 11 is 3.33. The van der Waals surface area contributed by atoms with Crippen molar-refractivity contribution in [2.45, 2.75) is 25.4 Å². The maximum absolute atomic E-state index is 13.8. The fraction of sp³-hybridized carbons (Fsp3) is 0.261. The molecule has 3 rings (SSSR count). The third-order valence-electron chi connectivity index (χ3n) is 5.20. The highest BCUT2D eigenvalue weighted by molar-refractivity contribution is 9.10. The average molecular weight is 509 g/mol. The lowest BCUT2D eigenvalue weighted by Crippen LogP contribution is -2.34. The molecule has 0 saturated heterocycles. The van der Waals surface area contributed by atoms with Gasteiger partial charge in [0.25, 0.3) is 0 Å². The monoisotopic (exact) mass is 508 g/mol. The Labute approximate surface area is 190 Å². The van der Waals surface area contributed by atoms with E-state index in [0.29, 0.717) is 6.07 Å². The molecule has 0 fully saturated rings. The number of carbonyl (C=O) groups is 1. The molecule has 2 aromatic rings. The lowest BCUT2D eigenvalue weighted by molar-refractivity contribution is -0.144. The van der Waals surface area contributed by atoms with Gasteiger partial charge in [-0.15, -0.1) is 0 Å². The van der Waals surface area contributed by atoms with Crippen LogP contribution in [0.4, 0.5) is 17.6 Å². The predicted octanol–water partition coefficient (Wildman–Crippen LogP) is 6.33. The van der Waals surface area contributed by atoms with E-state index in [0.717, 1.165) is 29.3 Å². The van der Waals surface area contributed by atoms with Gasteiger partial charge in [0.15, 0.2) is 5.70 Å². The molecule has 0 saturated carbocycles. The third kappa shape index (κ3) is 4.75. The predicted molar refractivity (Wildman–Crippen MR) is 114 cm³/mol. The van der Waals surface area contributed by atoms with E-state index < -0.39 is 35.4 Å². The van der Waals surface area contributed by atoms with Gasteiger partial charge in [0, 0.05) is 28.2 Å². The Bertz CT molecular complexity index is 1150. The molecule has 2 atom stereocenters. The van der Waals surface area contributed by atoms with Gasteiger partial charge in [-0.3, -0.25) is 9.79 Å². The Morgan fingerprint density at radius 2 is 1.88 bits per heavy atom. The minimum atomic E-state index is -4.89. The Morgan fingerprint density at radius 3 is 2.44 bits per heavy atom. The number of allylic oxidation sites excluding steroid dienone is 2. The van der Waals surface area contributed by atoms with Crippen LogP contribution in [0.5, 0.6) is 0 Å². The Hall–Kier alpha value is -2.99. The van der Waals surface area contributed by atoms with E-state index in [-0.39, 0.29) is 29.1 Å². The maximum atomic E-state index is 13.8. The van der Waals surface area contributed by atoms with Gasteiger partial charge in [-0.1, -0.05) is 34.1 Å². The molecule has 0 N–H and O–H groups in total. The molecular formula is C23H17BrF4N2O2. The molecule has 32 heavy (non-hydrogen) atoms. The molecule has 0 radical (unpaired) electrons. The summed E-state index contributed by atoms with van der Waals surface area (Å²) in [6.07, 6.45) is -4.71. The molecule has 2 aromatic carbocycles. The summed E-state index contributed by atoms with van der Waals surface area (Å²) in [4.78, 5) is 20.5. The minimum Gasteiger partial charge on any atom is -0.469 e. The second-order valence-corrected chi connectivity index (χ2v) is 8.12. The number of methoxy groups -OCH3 is 1. The molecule has 9 heteroatoms. The van der Waals surface area contributed by atoms with Gasteiger partial charge in [0.05, 0.1) is 25.2 Å². The van der Waals surface area contributed by atoms with Crippen LogP contribution in [0.15, 0.2) is 63.3 Å². The topological polar surface area (TPSA) is 43.0 Å². The summed E-state index contributed by atoms with van der Waals surface area (Å²) < 4.78 is 60.8. The zero-order valence-electron chi connectivity index (χ0n) is 17.0. The number of nitrogens with zero attached hydrogens (tertiary/aromatic N) is 2. The van der Waals surface area contributed by atoms with Crippen LogP contribution in [0.2, 0.25) is 0 Å². The first-order valence-electron chi connectivity index (χ1n) is 9.41. The maximum Gasteiger partial charge on any atom is 0.416 e. The molecule has 166 valence electrons. The number of esters is 1. The third-order valence-corrected chi connectivity index (χ3v) is 5.73. The average Bonchev–Trinajstić information content (AvgIpc) is 2.74. The summed E-state index contributed by atoms with van der Waals surface area (Å²) in [7, 11) is 1.11. The van der Waals surface area contributed by atoms with E-state index in [4.69, 9.17) is 11.3 Å². The molecule has 0 bridgehead atoms. The van der Waals surface area contributed by atoms with Crippen LogP contribution in [0.3, 0.4) is 0 Å². The first-order chi connectivity index (χ1) is 15.1. The zero-order chi connectivity index (χ0) is 23.6. The van der Waals surface area contributed by atoms with Gasteiger partial charge in [0.1, 0.15) is 5.82 Å². The number of carbonyl (C=O) groups excluding carboxylic acids is 1. The number of alkyl halides is 3. The van der Waals surface area contributed by atoms with Crippen LogP contribution >= 0.6 is 15.9 Å². The Balaban J connectivity index is 2.25. The highest BCUT2D eigenvalue weighted by Gasteiger charge is 2.45. The second kappa shape index (κ2) is 9.25. The second-order valence-electron chi connectivity index (χ2n) is 7.21. The van der Waals surface area contributed by atoms with Gasteiger partial charge in [-0.25, -0.2) is 9.24 Å². The molecular weight excluding hydrogens is 492 g/mol. The SMILES string of the molecule is [C-]#[N+]C1=C(Cc2ccc(Br)cc2)N=C(C)C(C(=O)OC)C1c1ccc(F)cc1C(F)(F)F. The molecule has 1 heterocycles. The van der Waals surface area contributed by atoms with Crippen molar-refractivity contribution in [3.05, 3.63) is 92.3 Å². The van der Waals surface area contributed by atoms with E-state index in [1.165, 1.54) is 6.92 Å². The van der Waals surface area contributed by atoms with E-state index >= 15 is 0 Å². The van der Waals surface area contributed by atoms with Crippen LogP contribution in [-0.4, -0.2) is 18.8 Å². The van der Waals surface area contributed by atoms with Gasteiger partial charge in [0.2, 0.25) is 0 Å². The number of halogens is 5. The van der Waals surface area contributed by atoms with E-state index in [1.807, 2.05) is 0 Å². The number of aliphatic imine (C=N–C) groups is 1. The van der Waals surface area contributed by atoms with E-state index in [9.17, 15) is 22.4 Å². The Kier molecular flexibility index (Phi) is 6.84. The van der Waals surface area contributed by atoms with Crippen molar-refractivity contribution < 1.29 is 27.1 Å². The number of benzene rings is 2. The van der Waals surface area contributed by atoms with Gasteiger partial charge in [-0.05, 0) is 42.3 Å². The smallest absolute Gasteiger partial charge is 0.416 e. The number of rotatable bonds is 4. The summed E-state index contributed by atoms with van der Waals surface area (Å²) in [5, 5.41) is 0. The van der Waals surface area contributed by atoms with E-state index in [1.54, 1.807) is 24.3 Å². The number of ether oxygens (including phenoxy) is 1. The van der Waals surface area contributed by atoms with Crippen molar-refractivity contribution in [1.82, 2.24) is 0 Å². The van der Waals surface area contributed by atoms with E-state index in [2.05, 4.69) is 25.8 Å². The van der Waals surface area contributed by atoms with Crippen LogP contribution in [0.25, 0.3) is 4.85 Å². The highest BCUT2D eigenvalue weighted by atomic mass is 79.9. The molecule has 0 spiro atoms. The van der Waals surface area contributed by atoms with Crippen molar-refractivity contribution in [3.63, 3.8) is 0 Å². The van der Waals surface area contributed by atoms with Crippen molar-refractivity contribution >= 4 is 27.6 Å². The molecule has 4 nitrogen and oxygen atoms in total. The molecule has 1 aliphatic heterocycles. The first-order valence-corrected chi connectivity index (χ1v) is 10.2. The van der Waals surface area contributed by atoms with Crippen molar-refractivity contribution in [1.29, 1.82) is 0 Å². The first kappa shape index (κ1) is 23.7. The van der Waals surface area contributed by atoms with Gasteiger partial charge < -0.3 is 4.74 Å². The fourth-order valence-electron chi connectivity index (χ4n) is 3.78. The van der Waals surface area contributed by atoms with Gasteiger partial charge in [-0.2, -0.15) is 13.2 Å². The minimum absolute atomic E-state index is 0.106. The standard InChI is InChI=1S/C23H17BrF4N2O2/c1-12-19(22(31)32-3)20(16-9-8-15(25)11-17(16)23(26,27)28)21(29-2)18(30-12)10-13-4-6-14(24)7-5-13/h4-9,11,19-20H,10H2,1,3H3. The van der Waals surface area contributed by atoms with Crippen LogP contribution in [-0.2, 0) is 22.1 Å². The summed E-state index contributed by atoms with van der Waals surface area (Å²) in [6.45, 7) is 9.22. The van der Waals surface area contributed by atoms with Crippen LogP contribution in [0, 0.1) is 18.3 Å². The summed E-state index contributed by atoms with van der Waals surface area (Å²) in [6, 6.07) is 9.41. The molecule has 0 aromatic heterocycles. The van der Waals surface area contributed by atoms with Crippen LogP contribution < -0.4 is 0 Å². The quantitative estimate of drug-likeness (QED) is 0.275. The van der Waals surface area contributed by atoms with Crippen molar-refractivity contribution in [3.8, 4) is 0 Å². The number of hydrogen-bond acceptors (Lipinski definition) is 3. The highest BCUT2D eigenvalue weighted by Crippen LogP contribution is 2.45. The largest absolute Gasteiger partial charge is 0.469 e. The lowest BCUT2D eigenvalue weighted by Gasteiger charge is -2.31. The number of hydrogen-bond donors (Lipinski definition) is 0. The normalized spacial score (nSPS) is 18.8. The fourth-order valence-corrected chi connectivity index (χ4v) is 4.05. The zero-order valence-corrected chi connectivity index (χ0v) is 18.6.